The molecule has 3 aliphatic rings. The summed E-state index contributed by atoms with van der Waals surface area (Å²) < 4.78 is 174. The normalized spacial score (nSPS) is 14.3. The summed E-state index contributed by atoms with van der Waals surface area (Å²) in [4.78, 5) is 23.8. The molecule has 6 aromatic rings. The summed E-state index contributed by atoms with van der Waals surface area (Å²) in [5.74, 6) is -12.5. The molecule has 0 aliphatic carbocycles. The Balaban J connectivity index is 0.000000210. The van der Waals surface area contributed by atoms with Crippen molar-refractivity contribution in [2.24, 2.45) is 15.0 Å². The van der Waals surface area contributed by atoms with Gasteiger partial charge in [0.05, 0.1) is 53.4 Å². The second-order valence-corrected chi connectivity index (χ2v) is 15.0. The quantitative estimate of drug-likeness (QED) is 0.0487. The Hall–Kier alpha value is -9.29. The van der Waals surface area contributed by atoms with E-state index in [1.807, 2.05) is 0 Å². The molecular formula is C55H34F12FeN9. The van der Waals surface area contributed by atoms with Crippen LogP contribution in [0.2, 0.25) is 0 Å². The fourth-order valence-corrected chi connectivity index (χ4v) is 7.29. The van der Waals surface area contributed by atoms with E-state index in [9.17, 15) is 52.7 Å². The van der Waals surface area contributed by atoms with Gasteiger partial charge in [-0.1, -0.05) is 61.6 Å². The Labute approximate surface area is 442 Å². The third kappa shape index (κ3) is 12.0. The molecule has 0 saturated heterocycles. The number of anilines is 3. The molecular weight excluding hydrogens is 1070 g/mol. The molecule has 0 saturated carbocycles. The topological polar surface area (TPSA) is 115 Å². The van der Waals surface area contributed by atoms with Crippen LogP contribution in [0.1, 0.15) is 41.2 Å². The summed E-state index contributed by atoms with van der Waals surface area (Å²) in [6, 6.07) is 8.98. The molecule has 0 atom stereocenters. The first kappa shape index (κ1) is 58.6. The molecule has 0 amide bonds. The van der Waals surface area contributed by atoms with E-state index in [0.717, 1.165) is 0 Å². The molecule has 391 valence electrons. The second-order valence-electron chi connectivity index (χ2n) is 15.0. The Bertz CT molecular complexity index is 3100. The van der Waals surface area contributed by atoms with Crippen LogP contribution >= 0.6 is 0 Å². The van der Waals surface area contributed by atoms with E-state index in [2.05, 4.69) is 63.6 Å². The Kier molecular flexibility index (Phi) is 20.0. The molecule has 9 rings (SSSR count). The van der Waals surface area contributed by atoms with Crippen LogP contribution in [-0.4, -0.2) is 38.3 Å². The van der Waals surface area contributed by atoms with Gasteiger partial charge in [-0.25, -0.2) is 52.7 Å². The van der Waals surface area contributed by atoms with E-state index in [-0.39, 0.29) is 95.0 Å². The molecule has 77 heavy (non-hydrogen) atoms. The summed E-state index contributed by atoms with van der Waals surface area (Å²) in [6.45, 7) is -0.883. The van der Waals surface area contributed by atoms with E-state index in [0.29, 0.717) is 0 Å². The van der Waals surface area contributed by atoms with E-state index in [4.69, 9.17) is 19.3 Å². The molecule has 0 fully saturated rings. The van der Waals surface area contributed by atoms with Gasteiger partial charge in [-0.05, 0) is 53.2 Å². The molecule has 3 N–H and O–H groups in total. The molecule has 0 unspecified atom stereocenters. The summed E-state index contributed by atoms with van der Waals surface area (Å²) in [7, 11) is 0. The molecule has 0 spiro atoms. The second kappa shape index (κ2) is 26.3. The minimum Gasteiger partial charge on any atom is -0.664 e. The monoisotopic (exact) mass is 1100 g/mol. The predicted molar refractivity (Wildman–Crippen MR) is 268 cm³/mol. The standard InChI is InChI=1S/3C18H10F4N3.CH4.Fe/c3*1-2-7-25-18-16(21)14(19)13(15(20)17(18)22)12(10-5-3-8-23-10)11-6-4-9-24-11;;/h3*1,3-6,8-9,25H,7H2;1H4;/q3*-1;;+3. The van der Waals surface area contributed by atoms with Gasteiger partial charge >= 0.3 is 17.1 Å². The van der Waals surface area contributed by atoms with Gasteiger partial charge in [0, 0.05) is 18.6 Å². The smallest absolute Gasteiger partial charge is 0.664 e. The largest absolute Gasteiger partial charge is 3.00 e. The Morgan fingerprint density at radius 2 is 0.636 bits per heavy atom. The molecule has 3 aliphatic heterocycles. The van der Waals surface area contributed by atoms with Crippen molar-refractivity contribution in [3.8, 4) is 37.0 Å². The van der Waals surface area contributed by atoms with Crippen LogP contribution < -0.4 is 30.9 Å². The van der Waals surface area contributed by atoms with E-state index < -0.39 is 104 Å². The molecule has 6 heterocycles. The number of aromatic nitrogens is 3. The van der Waals surface area contributed by atoms with Crippen LogP contribution in [0.5, 0.6) is 0 Å². The van der Waals surface area contributed by atoms with Crippen molar-refractivity contribution in [3.05, 3.63) is 212 Å². The van der Waals surface area contributed by atoms with Gasteiger partial charge in [0.2, 0.25) is 0 Å². The number of hydrogen-bond acceptors (Lipinski definition) is 6. The summed E-state index contributed by atoms with van der Waals surface area (Å²) in [6.07, 6.45) is 32.3. The number of benzene rings is 3. The number of terminal acetylenes is 3. The first-order valence-electron chi connectivity index (χ1n) is 21.4. The van der Waals surface area contributed by atoms with Crippen LogP contribution in [0.3, 0.4) is 0 Å². The SMILES string of the molecule is C.C#CCNc1c(F)c(F)c(C(=C2C=CC=N2)c2ccc[n-]2)c(F)c1F.C#CCNc1c(F)c(F)c(C(=C2C=CC=N2)c2ccc[n-]2)c(F)c1F.C#CCNc1c(F)c(F)c(C(=C2C=CC=N2)c2ccc[n-]2)c(F)c1F.[Fe+3]. The summed E-state index contributed by atoms with van der Waals surface area (Å²) in [5, 5.41) is 6.42. The van der Waals surface area contributed by atoms with E-state index >= 15 is 0 Å². The maximum absolute atomic E-state index is 14.6. The number of halogens is 12. The van der Waals surface area contributed by atoms with Crippen LogP contribution in [0.15, 0.2) is 124 Å². The average Bonchev–Trinajstić information content (AvgIpc) is 4.27. The van der Waals surface area contributed by atoms with Gasteiger partial charge in [-0.2, -0.15) is 18.6 Å². The fraction of sp³-hybridized carbons (Fsp3) is 0.0727. The van der Waals surface area contributed by atoms with Crippen molar-refractivity contribution in [1.82, 2.24) is 15.0 Å². The third-order valence-electron chi connectivity index (χ3n) is 10.5. The average molecular weight is 1100 g/mol. The van der Waals surface area contributed by atoms with Crippen molar-refractivity contribution in [2.45, 2.75) is 7.43 Å². The van der Waals surface area contributed by atoms with Crippen molar-refractivity contribution < 1.29 is 69.8 Å². The predicted octanol–water partition coefficient (Wildman–Crippen LogP) is 11.6. The van der Waals surface area contributed by atoms with Crippen molar-refractivity contribution in [2.75, 3.05) is 35.6 Å². The Morgan fingerprint density at radius 3 is 0.805 bits per heavy atom. The number of aliphatic imine (C=N–C) groups is 3. The minimum atomic E-state index is -1.57. The zero-order valence-corrected chi connectivity index (χ0v) is 39.4. The minimum absolute atomic E-state index is 0. The maximum Gasteiger partial charge on any atom is 3.00 e. The molecule has 3 aromatic heterocycles. The number of nitrogens with zero attached hydrogens (tertiary/aromatic N) is 6. The first-order chi connectivity index (χ1) is 36.2. The van der Waals surface area contributed by atoms with Crippen molar-refractivity contribution >= 4 is 52.4 Å². The zero-order chi connectivity index (χ0) is 53.9. The van der Waals surface area contributed by atoms with Crippen molar-refractivity contribution in [1.29, 1.82) is 0 Å². The van der Waals surface area contributed by atoms with E-state index in [1.165, 1.54) is 110 Å². The van der Waals surface area contributed by atoms with Crippen LogP contribution in [0.25, 0.3) is 16.7 Å². The third-order valence-corrected chi connectivity index (χ3v) is 10.5. The van der Waals surface area contributed by atoms with Gasteiger partial charge in [-0.15, -0.1) is 36.4 Å². The van der Waals surface area contributed by atoms with Gasteiger partial charge in [0.15, 0.2) is 69.8 Å². The fourth-order valence-electron chi connectivity index (χ4n) is 7.29. The van der Waals surface area contributed by atoms with Gasteiger partial charge < -0.3 is 30.9 Å². The van der Waals surface area contributed by atoms with Gasteiger partial charge in [-0.3, -0.25) is 15.0 Å². The zero-order valence-electron chi connectivity index (χ0n) is 38.3. The summed E-state index contributed by atoms with van der Waals surface area (Å²) >= 11 is 0. The number of rotatable bonds is 12. The van der Waals surface area contributed by atoms with Gasteiger partial charge in [0.1, 0.15) is 17.1 Å². The molecule has 22 heteroatoms. The number of allylic oxidation sites excluding steroid dienone is 6. The van der Waals surface area contributed by atoms with Crippen LogP contribution in [0.4, 0.5) is 69.7 Å². The molecule has 3 aromatic carbocycles. The summed E-state index contributed by atoms with van der Waals surface area (Å²) in [5.41, 5.74) is -5.11. The van der Waals surface area contributed by atoms with E-state index in [1.54, 1.807) is 0 Å². The van der Waals surface area contributed by atoms with Crippen LogP contribution in [0, 0.1) is 107 Å². The molecule has 1 radical (unpaired) electrons. The first-order valence-corrected chi connectivity index (χ1v) is 21.4. The number of hydrogen-bond donors (Lipinski definition) is 3. The van der Waals surface area contributed by atoms with Crippen LogP contribution in [-0.2, 0) is 17.1 Å². The molecule has 0 bridgehead atoms. The Morgan fingerprint density at radius 1 is 0.403 bits per heavy atom. The molecule has 9 nitrogen and oxygen atoms in total. The van der Waals surface area contributed by atoms with Gasteiger partial charge in [0.25, 0.3) is 0 Å². The maximum atomic E-state index is 14.6. The number of nitrogens with one attached hydrogen (secondary N) is 3. The van der Waals surface area contributed by atoms with Crippen molar-refractivity contribution in [3.63, 3.8) is 0 Å².